The highest BCUT2D eigenvalue weighted by Crippen LogP contribution is 2.27. The molecule has 0 amide bonds. The van der Waals surface area contributed by atoms with Crippen LogP contribution in [0.1, 0.15) is 38.3 Å². The van der Waals surface area contributed by atoms with Gasteiger partial charge in [0.15, 0.2) is 0 Å². The highest BCUT2D eigenvalue weighted by atomic mass is 16.4. The van der Waals surface area contributed by atoms with Crippen molar-refractivity contribution in [3.05, 3.63) is 35.4 Å². The minimum Gasteiger partial charge on any atom is -0.480 e. The number of nitrogens with zero attached hydrogens (tertiary/aromatic N) is 1. The molecule has 0 heterocycles. The molecule has 3 nitrogen and oxygen atoms in total. The van der Waals surface area contributed by atoms with Crippen LogP contribution in [0.3, 0.4) is 0 Å². The van der Waals surface area contributed by atoms with E-state index in [0.717, 1.165) is 18.4 Å². The van der Waals surface area contributed by atoms with Gasteiger partial charge in [-0.25, -0.2) is 4.79 Å². The third-order valence-corrected chi connectivity index (χ3v) is 3.71. The fourth-order valence-corrected chi connectivity index (χ4v) is 2.11. The van der Waals surface area contributed by atoms with Gasteiger partial charge in [-0.15, -0.1) is 0 Å². The van der Waals surface area contributed by atoms with Crippen LogP contribution in [0.15, 0.2) is 24.3 Å². The van der Waals surface area contributed by atoms with Crippen molar-refractivity contribution in [1.82, 2.24) is 4.90 Å². The van der Waals surface area contributed by atoms with Crippen molar-refractivity contribution >= 4 is 5.97 Å². The minimum absolute atomic E-state index is 0.694. The van der Waals surface area contributed by atoms with E-state index in [9.17, 15) is 9.90 Å². The standard InChI is InChI=1S/C15H23NO2/c1-5-7-12-8-10-13(11-9-12)15(3,14(17)18)16(4)6-2/h8-11H,5-7H2,1-4H3,(H,17,18). The van der Waals surface area contributed by atoms with Crippen LogP contribution in [0, 0.1) is 0 Å². The molecule has 0 fully saturated rings. The largest absolute Gasteiger partial charge is 0.480 e. The van der Waals surface area contributed by atoms with Gasteiger partial charge in [0.2, 0.25) is 0 Å². The number of hydrogen-bond acceptors (Lipinski definition) is 2. The number of carbonyl (C=O) groups is 1. The summed E-state index contributed by atoms with van der Waals surface area (Å²) < 4.78 is 0. The van der Waals surface area contributed by atoms with E-state index < -0.39 is 11.5 Å². The highest BCUT2D eigenvalue weighted by molar-refractivity contribution is 5.80. The van der Waals surface area contributed by atoms with Crippen LogP contribution in [-0.4, -0.2) is 29.6 Å². The number of aliphatic carboxylic acids is 1. The summed E-state index contributed by atoms with van der Waals surface area (Å²) in [5.41, 5.74) is 1.13. The van der Waals surface area contributed by atoms with E-state index in [1.54, 1.807) is 6.92 Å². The summed E-state index contributed by atoms with van der Waals surface area (Å²) in [7, 11) is 1.84. The van der Waals surface area contributed by atoms with E-state index in [1.807, 2.05) is 43.1 Å². The monoisotopic (exact) mass is 249 g/mol. The second-order valence-corrected chi connectivity index (χ2v) is 4.84. The molecule has 0 saturated heterocycles. The van der Waals surface area contributed by atoms with Gasteiger partial charge in [-0.1, -0.05) is 44.5 Å². The van der Waals surface area contributed by atoms with Gasteiger partial charge in [0.25, 0.3) is 0 Å². The maximum atomic E-state index is 11.6. The van der Waals surface area contributed by atoms with Crippen LogP contribution < -0.4 is 0 Å². The molecule has 1 aromatic rings. The molecule has 1 atom stereocenters. The molecular formula is C15H23NO2. The maximum Gasteiger partial charge on any atom is 0.328 e. The molecule has 1 aromatic carbocycles. The van der Waals surface area contributed by atoms with E-state index in [4.69, 9.17) is 0 Å². The lowest BCUT2D eigenvalue weighted by molar-refractivity contribution is -0.150. The molecule has 0 aliphatic carbocycles. The summed E-state index contributed by atoms with van der Waals surface area (Å²) in [6.45, 7) is 6.56. The van der Waals surface area contributed by atoms with Gasteiger partial charge in [0, 0.05) is 0 Å². The molecule has 1 unspecified atom stereocenters. The van der Waals surface area contributed by atoms with Crippen LogP contribution in [0.4, 0.5) is 0 Å². The molecule has 1 rings (SSSR count). The van der Waals surface area contributed by atoms with Crippen molar-refractivity contribution < 1.29 is 9.90 Å². The van der Waals surface area contributed by atoms with E-state index in [1.165, 1.54) is 5.56 Å². The van der Waals surface area contributed by atoms with Crippen LogP contribution in [0.2, 0.25) is 0 Å². The first-order valence-electron chi connectivity index (χ1n) is 6.50. The van der Waals surface area contributed by atoms with Gasteiger partial charge < -0.3 is 5.11 Å². The lowest BCUT2D eigenvalue weighted by Crippen LogP contribution is -2.47. The SMILES string of the molecule is CCCc1ccc(C(C)(C(=O)O)N(C)CC)cc1. The quantitative estimate of drug-likeness (QED) is 0.842. The predicted molar refractivity (Wildman–Crippen MR) is 73.7 cm³/mol. The summed E-state index contributed by atoms with van der Waals surface area (Å²) in [5.74, 6) is -0.810. The van der Waals surface area contributed by atoms with Gasteiger partial charge in [0.05, 0.1) is 0 Å². The Labute approximate surface area is 109 Å². The first-order chi connectivity index (χ1) is 8.46. The molecule has 0 radical (unpaired) electrons. The van der Waals surface area contributed by atoms with Crippen LogP contribution in [0.5, 0.6) is 0 Å². The average molecular weight is 249 g/mol. The van der Waals surface area contributed by atoms with E-state index in [-0.39, 0.29) is 0 Å². The zero-order chi connectivity index (χ0) is 13.8. The Kier molecular flexibility index (Phi) is 4.91. The van der Waals surface area contributed by atoms with Gasteiger partial charge in [-0.2, -0.15) is 0 Å². The van der Waals surface area contributed by atoms with Crippen molar-refractivity contribution in [1.29, 1.82) is 0 Å². The van der Waals surface area contributed by atoms with Crippen molar-refractivity contribution in [3.8, 4) is 0 Å². The van der Waals surface area contributed by atoms with E-state index in [0.29, 0.717) is 6.54 Å². The first-order valence-corrected chi connectivity index (χ1v) is 6.50. The Morgan fingerprint density at radius 1 is 1.28 bits per heavy atom. The summed E-state index contributed by atoms with van der Waals surface area (Å²) >= 11 is 0. The molecule has 0 bridgehead atoms. The summed E-state index contributed by atoms with van der Waals surface area (Å²) in [4.78, 5) is 13.4. The van der Waals surface area contributed by atoms with Crippen LogP contribution >= 0.6 is 0 Å². The molecule has 0 saturated carbocycles. The van der Waals surface area contributed by atoms with Crippen LogP contribution in [-0.2, 0) is 16.8 Å². The molecule has 3 heteroatoms. The molecule has 0 aliphatic rings. The van der Waals surface area contributed by atoms with Crippen molar-refractivity contribution in [2.75, 3.05) is 13.6 Å². The van der Waals surface area contributed by atoms with Crippen molar-refractivity contribution in [2.45, 2.75) is 39.2 Å². The van der Waals surface area contributed by atoms with Gasteiger partial charge in [-0.05, 0) is 38.1 Å². The molecule has 0 aromatic heterocycles. The average Bonchev–Trinajstić information content (AvgIpc) is 2.37. The molecule has 1 N–H and O–H groups in total. The molecule has 0 aliphatic heterocycles. The topological polar surface area (TPSA) is 40.5 Å². The molecule has 100 valence electrons. The Morgan fingerprint density at radius 3 is 2.22 bits per heavy atom. The molecule has 0 spiro atoms. The fraction of sp³-hybridized carbons (Fsp3) is 0.533. The second kappa shape index (κ2) is 6.01. The Balaban J connectivity index is 3.11. The lowest BCUT2D eigenvalue weighted by Gasteiger charge is -2.34. The molecule has 18 heavy (non-hydrogen) atoms. The van der Waals surface area contributed by atoms with Gasteiger partial charge in [0.1, 0.15) is 5.54 Å². The number of carboxylic acid groups (broad SMARTS) is 1. The van der Waals surface area contributed by atoms with Gasteiger partial charge >= 0.3 is 5.97 Å². The predicted octanol–water partition coefficient (Wildman–Crippen LogP) is 2.89. The zero-order valence-corrected chi connectivity index (χ0v) is 11.7. The number of benzene rings is 1. The summed E-state index contributed by atoms with van der Waals surface area (Å²) in [6.07, 6.45) is 2.14. The summed E-state index contributed by atoms with van der Waals surface area (Å²) in [5, 5.41) is 9.52. The third kappa shape index (κ3) is 2.72. The highest BCUT2D eigenvalue weighted by Gasteiger charge is 2.38. The van der Waals surface area contributed by atoms with E-state index in [2.05, 4.69) is 6.92 Å². The maximum absolute atomic E-state index is 11.6. The lowest BCUT2D eigenvalue weighted by atomic mass is 9.89. The van der Waals surface area contributed by atoms with Gasteiger partial charge in [-0.3, -0.25) is 4.90 Å². The zero-order valence-electron chi connectivity index (χ0n) is 11.7. The smallest absolute Gasteiger partial charge is 0.328 e. The fourth-order valence-electron chi connectivity index (χ4n) is 2.11. The van der Waals surface area contributed by atoms with Crippen molar-refractivity contribution in [3.63, 3.8) is 0 Å². The van der Waals surface area contributed by atoms with E-state index >= 15 is 0 Å². The Bertz CT molecular complexity index is 399. The minimum atomic E-state index is -0.959. The normalized spacial score (nSPS) is 14.5. The van der Waals surface area contributed by atoms with Crippen LogP contribution in [0.25, 0.3) is 0 Å². The number of carboxylic acids is 1. The number of rotatable bonds is 6. The summed E-state index contributed by atoms with van der Waals surface area (Å²) in [6, 6.07) is 7.93. The second-order valence-electron chi connectivity index (χ2n) is 4.84. The Morgan fingerprint density at radius 2 is 1.83 bits per heavy atom. The van der Waals surface area contributed by atoms with Crippen molar-refractivity contribution in [2.24, 2.45) is 0 Å². The Hall–Kier alpha value is -1.35. The third-order valence-electron chi connectivity index (χ3n) is 3.71. The number of likely N-dealkylation sites (N-methyl/N-ethyl adjacent to an activating group) is 1. The first kappa shape index (κ1) is 14.7. The number of hydrogen-bond donors (Lipinski definition) is 1. The number of aryl methyl sites for hydroxylation is 1. The molecular weight excluding hydrogens is 226 g/mol.